The van der Waals surface area contributed by atoms with Crippen molar-refractivity contribution in [2.75, 3.05) is 13.6 Å². The van der Waals surface area contributed by atoms with Gasteiger partial charge in [-0.3, -0.25) is 0 Å². The van der Waals surface area contributed by atoms with Crippen LogP contribution in [0.1, 0.15) is 6.42 Å². The zero-order chi connectivity index (χ0) is 5.56. The molecule has 1 saturated heterocycles. The van der Waals surface area contributed by atoms with Gasteiger partial charge in [0.05, 0.1) is 0 Å². The molecule has 0 aliphatic carbocycles. The first-order valence-electron chi connectivity index (χ1n) is 3.02. The Labute approximate surface area is 49.2 Å². The molecule has 1 N–H and O–H groups in total. The molecule has 8 heavy (non-hydrogen) atoms. The minimum absolute atomic E-state index is 0.764. The van der Waals surface area contributed by atoms with E-state index in [-0.39, 0.29) is 0 Å². The standard InChI is InChI=1S/C6H10N2/c1-8-3-5-2-6(4-8)7-5/h3,6-7H,2,4H2,1H3. The Balaban J connectivity index is 2.20. The fourth-order valence-corrected chi connectivity index (χ4v) is 1.37. The highest BCUT2D eigenvalue weighted by Gasteiger charge is 2.26. The van der Waals surface area contributed by atoms with Crippen LogP contribution in [0, 0.1) is 0 Å². The molecular weight excluding hydrogens is 100 g/mol. The highest BCUT2D eigenvalue weighted by Crippen LogP contribution is 2.21. The van der Waals surface area contributed by atoms with E-state index in [9.17, 15) is 0 Å². The van der Waals surface area contributed by atoms with Crippen molar-refractivity contribution in [1.29, 1.82) is 0 Å². The lowest BCUT2D eigenvalue weighted by Crippen LogP contribution is -2.51. The van der Waals surface area contributed by atoms with Crippen molar-refractivity contribution in [2.24, 2.45) is 0 Å². The lowest BCUT2D eigenvalue weighted by atomic mass is 10.00. The predicted molar refractivity (Wildman–Crippen MR) is 32.3 cm³/mol. The molecule has 0 radical (unpaired) electrons. The molecule has 3 aliphatic rings. The van der Waals surface area contributed by atoms with Crippen LogP contribution in [0.5, 0.6) is 0 Å². The Bertz CT molecular complexity index is 131. The van der Waals surface area contributed by atoms with Crippen molar-refractivity contribution in [3.8, 4) is 0 Å². The van der Waals surface area contributed by atoms with Gasteiger partial charge in [-0.2, -0.15) is 0 Å². The van der Waals surface area contributed by atoms with Crippen molar-refractivity contribution in [1.82, 2.24) is 10.2 Å². The largest absolute Gasteiger partial charge is 0.382 e. The summed E-state index contributed by atoms with van der Waals surface area (Å²) in [6, 6.07) is 0.764. The summed E-state index contributed by atoms with van der Waals surface area (Å²) in [6.45, 7) is 1.18. The average Bonchev–Trinajstić information content (AvgIpc) is 1.62. The van der Waals surface area contributed by atoms with Gasteiger partial charge in [-0.05, 0) is 0 Å². The summed E-state index contributed by atoms with van der Waals surface area (Å²) in [6.07, 6.45) is 3.46. The van der Waals surface area contributed by atoms with Gasteiger partial charge in [-0.15, -0.1) is 0 Å². The lowest BCUT2D eigenvalue weighted by Gasteiger charge is -2.40. The first-order chi connectivity index (χ1) is 3.84. The first kappa shape index (κ1) is 4.24. The van der Waals surface area contributed by atoms with E-state index in [1.54, 1.807) is 0 Å². The fourth-order valence-electron chi connectivity index (χ4n) is 1.37. The summed E-state index contributed by atoms with van der Waals surface area (Å²) < 4.78 is 0. The summed E-state index contributed by atoms with van der Waals surface area (Å²) in [5, 5.41) is 3.33. The predicted octanol–water partition coefficient (Wildman–Crippen LogP) is 0.135. The van der Waals surface area contributed by atoms with Crippen molar-refractivity contribution in [3.63, 3.8) is 0 Å². The maximum Gasteiger partial charge on any atom is 0.0488 e. The van der Waals surface area contributed by atoms with Gasteiger partial charge < -0.3 is 10.2 Å². The summed E-state index contributed by atoms with van der Waals surface area (Å²) in [4.78, 5) is 2.24. The number of likely N-dealkylation sites (N-methyl/N-ethyl adjacent to an activating group) is 1. The molecule has 0 saturated carbocycles. The summed E-state index contributed by atoms with van der Waals surface area (Å²) in [7, 11) is 2.12. The highest BCUT2D eigenvalue weighted by atomic mass is 15.2. The Morgan fingerprint density at radius 2 is 2.62 bits per heavy atom. The van der Waals surface area contributed by atoms with Gasteiger partial charge >= 0.3 is 0 Å². The molecule has 0 aromatic rings. The molecule has 0 spiro atoms. The van der Waals surface area contributed by atoms with E-state index >= 15 is 0 Å². The lowest BCUT2D eigenvalue weighted by molar-refractivity contribution is 0.281. The van der Waals surface area contributed by atoms with Gasteiger partial charge in [0, 0.05) is 38.0 Å². The van der Waals surface area contributed by atoms with Gasteiger partial charge in [-0.1, -0.05) is 0 Å². The van der Waals surface area contributed by atoms with E-state index in [0.717, 1.165) is 6.04 Å². The van der Waals surface area contributed by atoms with Crippen molar-refractivity contribution >= 4 is 0 Å². The molecule has 1 unspecified atom stereocenters. The van der Waals surface area contributed by atoms with Crippen LogP contribution in [-0.2, 0) is 0 Å². The number of fused-ring (bicyclic) bond motifs is 2. The zero-order valence-corrected chi connectivity index (χ0v) is 5.02. The fraction of sp³-hybridized carbons (Fsp3) is 0.667. The Hall–Kier alpha value is -0.660. The van der Waals surface area contributed by atoms with E-state index < -0.39 is 0 Å². The Morgan fingerprint density at radius 1 is 1.88 bits per heavy atom. The smallest absolute Gasteiger partial charge is 0.0488 e. The van der Waals surface area contributed by atoms with E-state index in [1.165, 1.54) is 18.7 Å². The Kier molecular flexibility index (Phi) is 0.629. The molecule has 2 bridgehead atoms. The molecule has 3 aliphatic heterocycles. The van der Waals surface area contributed by atoms with Crippen molar-refractivity contribution < 1.29 is 0 Å². The zero-order valence-electron chi connectivity index (χ0n) is 5.02. The Morgan fingerprint density at radius 3 is 2.88 bits per heavy atom. The van der Waals surface area contributed by atoms with E-state index in [4.69, 9.17) is 0 Å². The van der Waals surface area contributed by atoms with Gasteiger partial charge in [-0.25, -0.2) is 0 Å². The monoisotopic (exact) mass is 110 g/mol. The van der Waals surface area contributed by atoms with Gasteiger partial charge in [0.1, 0.15) is 0 Å². The van der Waals surface area contributed by atoms with Gasteiger partial charge in [0.2, 0.25) is 0 Å². The van der Waals surface area contributed by atoms with Gasteiger partial charge in [0.15, 0.2) is 0 Å². The minimum atomic E-state index is 0.764. The number of nitrogens with one attached hydrogen (secondary N) is 1. The maximum absolute atomic E-state index is 3.33. The summed E-state index contributed by atoms with van der Waals surface area (Å²) in [5.41, 5.74) is 1.41. The molecule has 44 valence electrons. The number of hydrogen-bond acceptors (Lipinski definition) is 2. The SMILES string of the molecule is CN1C=C2CC(C1)N2. The van der Waals surface area contributed by atoms with Crippen LogP contribution in [0.25, 0.3) is 0 Å². The molecule has 0 aromatic carbocycles. The van der Waals surface area contributed by atoms with E-state index in [2.05, 4.69) is 23.5 Å². The van der Waals surface area contributed by atoms with Crippen LogP contribution in [0.15, 0.2) is 11.9 Å². The van der Waals surface area contributed by atoms with E-state index in [1.807, 2.05) is 0 Å². The quantitative estimate of drug-likeness (QED) is 0.477. The number of nitrogens with zero attached hydrogens (tertiary/aromatic N) is 1. The van der Waals surface area contributed by atoms with Crippen LogP contribution < -0.4 is 5.32 Å². The van der Waals surface area contributed by atoms with E-state index in [0.29, 0.717) is 0 Å². The second-order valence-electron chi connectivity index (χ2n) is 2.64. The topological polar surface area (TPSA) is 15.3 Å². The molecule has 0 aromatic heterocycles. The van der Waals surface area contributed by atoms with Crippen LogP contribution in [0.4, 0.5) is 0 Å². The average molecular weight is 110 g/mol. The van der Waals surface area contributed by atoms with Crippen LogP contribution in [0.3, 0.4) is 0 Å². The molecule has 0 amide bonds. The molecule has 3 rings (SSSR count). The first-order valence-corrected chi connectivity index (χ1v) is 3.02. The highest BCUT2D eigenvalue weighted by molar-refractivity contribution is 5.16. The third-order valence-corrected chi connectivity index (χ3v) is 1.74. The normalized spacial score (nSPS) is 32.9. The molecule has 2 heteroatoms. The third kappa shape index (κ3) is 0.427. The number of hydrogen-bond donors (Lipinski definition) is 1. The second-order valence-corrected chi connectivity index (χ2v) is 2.64. The van der Waals surface area contributed by atoms with Crippen molar-refractivity contribution in [3.05, 3.63) is 11.9 Å². The van der Waals surface area contributed by atoms with Crippen LogP contribution in [0.2, 0.25) is 0 Å². The molecular formula is C6H10N2. The molecule has 1 atom stereocenters. The minimum Gasteiger partial charge on any atom is -0.382 e. The van der Waals surface area contributed by atoms with Gasteiger partial charge in [0.25, 0.3) is 0 Å². The molecule has 3 heterocycles. The molecule has 1 fully saturated rings. The van der Waals surface area contributed by atoms with Crippen molar-refractivity contribution in [2.45, 2.75) is 12.5 Å². The summed E-state index contributed by atoms with van der Waals surface area (Å²) >= 11 is 0. The molecule has 2 nitrogen and oxygen atoms in total. The summed E-state index contributed by atoms with van der Waals surface area (Å²) in [5.74, 6) is 0. The van der Waals surface area contributed by atoms with Crippen LogP contribution in [-0.4, -0.2) is 24.5 Å². The maximum atomic E-state index is 3.33. The van der Waals surface area contributed by atoms with Crippen LogP contribution >= 0.6 is 0 Å². The third-order valence-electron chi connectivity index (χ3n) is 1.74. The number of rotatable bonds is 0. The second kappa shape index (κ2) is 1.19.